The maximum absolute atomic E-state index is 12.8. The fourth-order valence-corrected chi connectivity index (χ4v) is 6.98. The van der Waals surface area contributed by atoms with E-state index in [1.165, 1.54) is 109 Å². The van der Waals surface area contributed by atoms with Crippen molar-refractivity contribution in [1.82, 2.24) is 0 Å². The Morgan fingerprint density at radius 3 is 1.45 bits per heavy atom. The summed E-state index contributed by atoms with van der Waals surface area (Å²) in [7, 11) is 0. The number of aliphatic hydroxyl groups is 3. The molecule has 0 saturated carbocycles. The van der Waals surface area contributed by atoms with Crippen LogP contribution in [-0.4, -0.2) is 88.4 Å². The number of aliphatic hydroxyl groups excluding tert-OH is 3. The van der Waals surface area contributed by atoms with Gasteiger partial charge in [0, 0.05) is 12.8 Å². The van der Waals surface area contributed by atoms with E-state index in [2.05, 4.69) is 26.0 Å². The molecule has 1 rings (SSSR count). The van der Waals surface area contributed by atoms with Crippen molar-refractivity contribution in [3.63, 3.8) is 0 Å². The highest BCUT2D eigenvalue weighted by atomic mass is 16.7. The molecule has 0 bridgehead atoms. The van der Waals surface area contributed by atoms with Crippen molar-refractivity contribution in [3.05, 3.63) is 12.2 Å². The number of aliphatic carboxylic acids is 1. The van der Waals surface area contributed by atoms with Gasteiger partial charge >= 0.3 is 17.9 Å². The lowest BCUT2D eigenvalue weighted by molar-refractivity contribution is -0.298. The molecule has 1 fully saturated rings. The Bertz CT molecular complexity index is 989. The Kier molecular flexibility index (Phi) is 33.5. The quantitative estimate of drug-likeness (QED) is 0.0267. The SMILES string of the molecule is CCCC/C=C\CCCCCCCC(=O)OCC(COC1OC(C(=O)O)C(O)C(O)C1O)OC(=O)CCCCCCCCCCCCCCCCCCCCC. The summed E-state index contributed by atoms with van der Waals surface area (Å²) in [5, 5.41) is 39.8. The van der Waals surface area contributed by atoms with Crippen LogP contribution < -0.4 is 0 Å². The van der Waals surface area contributed by atoms with Gasteiger partial charge in [-0.2, -0.15) is 0 Å². The number of esters is 2. The highest BCUT2D eigenvalue weighted by molar-refractivity contribution is 5.73. The molecular weight excluding hydrogens is 716 g/mol. The maximum atomic E-state index is 12.8. The number of rotatable bonds is 38. The van der Waals surface area contributed by atoms with Crippen molar-refractivity contribution < 1.29 is 53.8 Å². The Morgan fingerprint density at radius 2 is 0.964 bits per heavy atom. The van der Waals surface area contributed by atoms with E-state index in [9.17, 15) is 34.8 Å². The largest absolute Gasteiger partial charge is 0.479 e. The minimum absolute atomic E-state index is 0.187. The third kappa shape index (κ3) is 27.6. The fourth-order valence-electron chi connectivity index (χ4n) is 6.98. The molecule has 0 radical (unpaired) electrons. The molecule has 0 aromatic carbocycles. The van der Waals surface area contributed by atoms with E-state index in [0.717, 1.165) is 57.8 Å². The van der Waals surface area contributed by atoms with Crippen LogP contribution in [0.2, 0.25) is 0 Å². The van der Waals surface area contributed by atoms with E-state index in [1.807, 2.05) is 0 Å². The molecule has 1 saturated heterocycles. The van der Waals surface area contributed by atoms with Crippen molar-refractivity contribution in [1.29, 1.82) is 0 Å². The number of carbonyl (C=O) groups is 3. The average Bonchev–Trinajstić information content (AvgIpc) is 3.18. The average molecular weight is 799 g/mol. The number of ether oxygens (including phenoxy) is 4. The Labute approximate surface area is 339 Å². The summed E-state index contributed by atoms with van der Waals surface area (Å²) in [4.78, 5) is 36.8. The molecule has 1 heterocycles. The second-order valence-electron chi connectivity index (χ2n) is 15.9. The first kappa shape index (κ1) is 52.0. The lowest BCUT2D eigenvalue weighted by atomic mass is 9.99. The Balaban J connectivity index is 2.33. The minimum Gasteiger partial charge on any atom is -0.479 e. The van der Waals surface area contributed by atoms with Crippen molar-refractivity contribution in [2.75, 3.05) is 13.2 Å². The molecule has 0 spiro atoms. The van der Waals surface area contributed by atoms with E-state index in [-0.39, 0.29) is 26.1 Å². The molecule has 1 aliphatic rings. The van der Waals surface area contributed by atoms with Gasteiger partial charge in [0.15, 0.2) is 18.5 Å². The molecule has 6 atom stereocenters. The van der Waals surface area contributed by atoms with E-state index < -0.39 is 54.7 Å². The molecule has 56 heavy (non-hydrogen) atoms. The second-order valence-corrected chi connectivity index (χ2v) is 15.9. The van der Waals surface area contributed by atoms with Crippen LogP contribution >= 0.6 is 0 Å². The van der Waals surface area contributed by atoms with E-state index in [4.69, 9.17) is 18.9 Å². The van der Waals surface area contributed by atoms with Crippen LogP contribution in [-0.2, 0) is 33.3 Å². The van der Waals surface area contributed by atoms with E-state index in [0.29, 0.717) is 12.8 Å². The minimum atomic E-state index is -1.86. The monoisotopic (exact) mass is 799 g/mol. The Hall–Kier alpha value is -2.05. The van der Waals surface area contributed by atoms with Crippen molar-refractivity contribution >= 4 is 17.9 Å². The molecule has 1 aliphatic heterocycles. The number of allylic oxidation sites excluding steroid dienone is 2. The molecule has 0 aromatic heterocycles. The van der Waals surface area contributed by atoms with Crippen LogP contribution in [0.25, 0.3) is 0 Å². The van der Waals surface area contributed by atoms with Gasteiger partial charge in [0.2, 0.25) is 0 Å². The van der Waals surface area contributed by atoms with Gasteiger partial charge < -0.3 is 39.4 Å². The van der Waals surface area contributed by atoms with Gasteiger partial charge in [-0.25, -0.2) is 4.79 Å². The summed E-state index contributed by atoms with van der Waals surface area (Å²) in [5.74, 6) is -2.44. The smallest absolute Gasteiger partial charge is 0.335 e. The van der Waals surface area contributed by atoms with Crippen LogP contribution in [0.15, 0.2) is 12.2 Å². The third-order valence-electron chi connectivity index (χ3n) is 10.6. The Morgan fingerprint density at radius 1 is 0.536 bits per heavy atom. The first-order valence-electron chi connectivity index (χ1n) is 22.7. The number of hydrogen-bond acceptors (Lipinski definition) is 10. The summed E-state index contributed by atoms with van der Waals surface area (Å²) in [5.41, 5.74) is 0. The first-order chi connectivity index (χ1) is 27.2. The van der Waals surface area contributed by atoms with Gasteiger partial charge in [-0.1, -0.05) is 174 Å². The zero-order valence-electron chi connectivity index (χ0n) is 35.4. The second kappa shape index (κ2) is 36.1. The maximum Gasteiger partial charge on any atom is 0.335 e. The summed E-state index contributed by atoms with van der Waals surface area (Å²) in [6.45, 7) is 3.78. The number of hydrogen-bond donors (Lipinski definition) is 4. The topological polar surface area (TPSA) is 169 Å². The van der Waals surface area contributed by atoms with Gasteiger partial charge in [0.1, 0.15) is 24.9 Å². The summed E-state index contributed by atoms with van der Waals surface area (Å²) in [6, 6.07) is 0. The molecule has 0 aliphatic carbocycles. The summed E-state index contributed by atoms with van der Waals surface area (Å²) >= 11 is 0. The standard InChI is InChI=1S/C45H82O11/c1-3-5-7-9-11-13-15-16-17-18-19-20-21-22-24-26-28-30-32-34-39(47)55-37(36-54-45-42(50)40(48)41(49)43(56-45)44(51)52)35-53-38(46)33-31-29-27-25-23-14-12-10-8-6-4-2/h10,12,37,40-43,45,48-50H,3-9,11,13-36H2,1-2H3,(H,51,52)/b12-10-. The highest BCUT2D eigenvalue weighted by Gasteiger charge is 2.47. The van der Waals surface area contributed by atoms with Crippen molar-refractivity contribution in [3.8, 4) is 0 Å². The van der Waals surface area contributed by atoms with Crippen LogP contribution in [0.1, 0.15) is 206 Å². The molecule has 11 nitrogen and oxygen atoms in total. The van der Waals surface area contributed by atoms with E-state index >= 15 is 0 Å². The summed E-state index contributed by atoms with van der Waals surface area (Å²) in [6.07, 6.45) is 28.4. The first-order valence-corrected chi connectivity index (χ1v) is 22.7. The molecule has 0 amide bonds. The number of carboxylic acid groups (broad SMARTS) is 1. The lowest BCUT2D eigenvalue weighted by Crippen LogP contribution is -2.60. The molecule has 0 aromatic rings. The van der Waals surface area contributed by atoms with Crippen LogP contribution in [0.5, 0.6) is 0 Å². The molecule has 328 valence electrons. The molecule has 4 N–H and O–H groups in total. The van der Waals surface area contributed by atoms with Gasteiger partial charge in [0.05, 0.1) is 6.61 Å². The molecule has 6 unspecified atom stereocenters. The van der Waals surface area contributed by atoms with Gasteiger partial charge in [0.25, 0.3) is 0 Å². The van der Waals surface area contributed by atoms with Gasteiger partial charge in [-0.3, -0.25) is 9.59 Å². The number of carbonyl (C=O) groups excluding carboxylic acids is 2. The normalized spacial score (nSPS) is 20.3. The summed E-state index contributed by atoms with van der Waals surface area (Å²) < 4.78 is 21.7. The molecular formula is C45H82O11. The van der Waals surface area contributed by atoms with Gasteiger partial charge in [-0.15, -0.1) is 0 Å². The number of unbranched alkanes of at least 4 members (excludes halogenated alkanes) is 25. The fraction of sp³-hybridized carbons (Fsp3) is 0.889. The number of carboxylic acids is 1. The zero-order valence-corrected chi connectivity index (χ0v) is 35.4. The predicted octanol–water partition coefficient (Wildman–Crippen LogP) is 9.65. The lowest BCUT2D eigenvalue weighted by Gasteiger charge is -2.38. The zero-order chi connectivity index (χ0) is 41.1. The van der Waals surface area contributed by atoms with Crippen LogP contribution in [0, 0.1) is 0 Å². The van der Waals surface area contributed by atoms with Crippen LogP contribution in [0.3, 0.4) is 0 Å². The van der Waals surface area contributed by atoms with Crippen molar-refractivity contribution in [2.45, 2.75) is 243 Å². The van der Waals surface area contributed by atoms with E-state index in [1.54, 1.807) is 0 Å². The molecule has 11 heteroatoms. The predicted molar refractivity (Wildman–Crippen MR) is 220 cm³/mol. The highest BCUT2D eigenvalue weighted by Crippen LogP contribution is 2.23. The van der Waals surface area contributed by atoms with Crippen molar-refractivity contribution in [2.24, 2.45) is 0 Å². The third-order valence-corrected chi connectivity index (χ3v) is 10.6. The van der Waals surface area contributed by atoms with Crippen LogP contribution in [0.4, 0.5) is 0 Å². The van der Waals surface area contributed by atoms with Gasteiger partial charge in [-0.05, 0) is 32.1 Å².